The fraction of sp³-hybridized carbons (Fsp3) is 0.423. The quantitative estimate of drug-likeness (QED) is 0.0541. The van der Waals surface area contributed by atoms with Crippen LogP contribution in [0.15, 0.2) is 107 Å². The number of aromatic nitrogens is 3. The van der Waals surface area contributed by atoms with Gasteiger partial charge in [0.1, 0.15) is 11.6 Å². The molecule has 69 heavy (non-hydrogen) atoms. The lowest BCUT2D eigenvalue weighted by Crippen LogP contribution is -2.42. The van der Waals surface area contributed by atoms with E-state index >= 15 is 8.78 Å². The second-order valence-electron chi connectivity index (χ2n) is 20.6. The number of nitrogens with zero attached hydrogens (tertiary/aromatic N) is 3. The van der Waals surface area contributed by atoms with Crippen molar-refractivity contribution in [2.75, 3.05) is 25.2 Å². The van der Waals surface area contributed by atoms with Crippen molar-refractivity contribution in [1.82, 2.24) is 13.8 Å². The molecule has 0 amide bonds. The number of fused-ring (bicyclic) bond motifs is 1. The predicted octanol–water partition coefficient (Wildman–Crippen LogP) is 12.6. The summed E-state index contributed by atoms with van der Waals surface area (Å²) in [6, 6.07) is 22.6. The second-order valence-corrected chi connectivity index (χ2v) is 30.2. The number of halogens is 3. The molecule has 2 aromatic heterocycles. The maximum atomic E-state index is 16.2. The molecule has 0 saturated carbocycles. The molecule has 2 heterocycles. The molecule has 6 aromatic rings. The normalized spacial score (nSPS) is 14.2. The van der Waals surface area contributed by atoms with Gasteiger partial charge in [-0.3, -0.25) is 9.48 Å². The maximum absolute atomic E-state index is 16.2. The number of rotatable bonds is 20. The SMILES string of the molecule is COC(=O)[C@H](C)Cc1cccc([C@@](C)(CCCC(C)(C)CS(=O)(=O)CCO[Si](C)(C)C(C)(C)C)n2nccc2-c2cc(Oc3c(F)cc4c(ccn4S(=O)(=O)c4ccc(C)cc4)c3Br)ccc2F)c1. The number of carbonyl (C=O) groups is 1. The molecule has 0 saturated heterocycles. The highest BCUT2D eigenvalue weighted by Gasteiger charge is 2.38. The Morgan fingerprint density at radius 2 is 1.58 bits per heavy atom. The Bertz CT molecular complexity index is 3060. The van der Waals surface area contributed by atoms with Crippen LogP contribution in [0, 0.1) is 29.9 Å². The lowest BCUT2D eigenvalue weighted by molar-refractivity contribution is -0.144. The average Bonchev–Trinajstić information content (AvgIpc) is 3.94. The molecule has 0 aliphatic heterocycles. The summed E-state index contributed by atoms with van der Waals surface area (Å²) in [7, 11) is -8.31. The number of esters is 1. The number of carbonyl (C=O) groups excluding carboxylic acids is 1. The average molecular weight is 1070 g/mol. The van der Waals surface area contributed by atoms with Gasteiger partial charge in [-0.1, -0.05) is 89.9 Å². The summed E-state index contributed by atoms with van der Waals surface area (Å²) < 4.78 is 107. The predicted molar refractivity (Wildman–Crippen MR) is 275 cm³/mol. The van der Waals surface area contributed by atoms with Gasteiger partial charge in [0.15, 0.2) is 29.7 Å². The van der Waals surface area contributed by atoms with Crippen LogP contribution in [0.2, 0.25) is 18.1 Å². The molecule has 0 N–H and O–H groups in total. The zero-order valence-corrected chi connectivity index (χ0v) is 45.5. The van der Waals surface area contributed by atoms with E-state index in [4.69, 9.17) is 19.0 Å². The fourth-order valence-corrected chi connectivity index (χ4v) is 13.4. The zero-order valence-electron chi connectivity index (χ0n) is 41.3. The van der Waals surface area contributed by atoms with Gasteiger partial charge in [-0.25, -0.2) is 29.6 Å². The van der Waals surface area contributed by atoms with Crippen molar-refractivity contribution in [2.24, 2.45) is 11.3 Å². The number of aryl methyl sites for hydroxylation is 1. The molecule has 0 fully saturated rings. The second kappa shape index (κ2) is 20.6. The molecule has 4 aromatic carbocycles. The van der Waals surface area contributed by atoms with Gasteiger partial charge in [0.05, 0.1) is 50.7 Å². The smallest absolute Gasteiger partial charge is 0.308 e. The minimum Gasteiger partial charge on any atom is -0.469 e. The van der Waals surface area contributed by atoms with Crippen molar-refractivity contribution < 1.29 is 44.3 Å². The van der Waals surface area contributed by atoms with Gasteiger partial charge in [-0.2, -0.15) is 5.10 Å². The summed E-state index contributed by atoms with van der Waals surface area (Å²) in [6.07, 6.45) is 4.91. The Labute approximate surface area is 415 Å². The van der Waals surface area contributed by atoms with E-state index in [0.29, 0.717) is 36.8 Å². The molecule has 0 unspecified atom stereocenters. The standard InChI is InChI=1S/C52H64BrF2N3O8S2Si/c1-35-16-19-40(20-17-35)68(62,63)57-27-23-41-46(57)33-44(55)48(47(41)53)66-39-18-21-43(54)42(32-39)45-22-26-56-58(45)52(8,38-15-12-14-37(31-38)30-36(2)49(59)64-9)25-13-24-51(6,7)34-67(60,61)29-28-65-69(10,11)50(3,4)5/h12,14-23,26-27,31-33,36H,13,24-25,28-30,34H2,1-11H3/t36-,52-/m1/s1. The molecule has 0 bridgehead atoms. The van der Waals surface area contributed by atoms with Gasteiger partial charge < -0.3 is 13.9 Å². The topological polar surface area (TPSA) is 136 Å². The van der Waals surface area contributed by atoms with Crippen molar-refractivity contribution in [3.63, 3.8) is 0 Å². The highest BCUT2D eigenvalue weighted by Crippen LogP contribution is 2.43. The monoisotopic (exact) mass is 1070 g/mol. The minimum atomic E-state index is -4.07. The van der Waals surface area contributed by atoms with Crippen LogP contribution >= 0.6 is 15.9 Å². The molecular weight excluding hydrogens is 1000 g/mol. The van der Waals surface area contributed by atoms with Gasteiger partial charge in [0, 0.05) is 36.0 Å². The van der Waals surface area contributed by atoms with Crippen LogP contribution in [0.25, 0.3) is 22.2 Å². The molecule has 372 valence electrons. The summed E-state index contributed by atoms with van der Waals surface area (Å²) in [5, 5.41) is 5.12. The number of sulfone groups is 1. The van der Waals surface area contributed by atoms with Crippen LogP contribution in [0.3, 0.4) is 0 Å². The Balaban J connectivity index is 1.31. The van der Waals surface area contributed by atoms with E-state index in [2.05, 4.69) is 49.8 Å². The van der Waals surface area contributed by atoms with Crippen LogP contribution < -0.4 is 4.74 Å². The molecule has 2 atom stereocenters. The first-order valence-electron chi connectivity index (χ1n) is 22.9. The largest absolute Gasteiger partial charge is 0.469 e. The third kappa shape index (κ3) is 12.1. The number of methoxy groups -OCH3 is 1. The summed E-state index contributed by atoms with van der Waals surface area (Å²) in [6.45, 7) is 20.3. The number of ether oxygens (including phenoxy) is 2. The first-order valence-corrected chi connectivity index (χ1v) is 29.9. The van der Waals surface area contributed by atoms with E-state index in [0.717, 1.165) is 26.7 Å². The van der Waals surface area contributed by atoms with Gasteiger partial charge in [0.25, 0.3) is 10.0 Å². The Morgan fingerprint density at radius 3 is 2.25 bits per heavy atom. The van der Waals surface area contributed by atoms with Crippen LogP contribution in [0.5, 0.6) is 11.5 Å². The van der Waals surface area contributed by atoms with Crippen LogP contribution in [0.1, 0.15) is 84.4 Å². The molecule has 0 spiro atoms. The van der Waals surface area contributed by atoms with Gasteiger partial charge in [0.2, 0.25) is 0 Å². The summed E-state index contributed by atoms with van der Waals surface area (Å²) in [5.74, 6) is -2.41. The van der Waals surface area contributed by atoms with Crippen molar-refractivity contribution in [3.8, 4) is 22.8 Å². The first-order chi connectivity index (χ1) is 32.1. The third-order valence-electron chi connectivity index (χ3n) is 13.4. The number of hydrogen-bond acceptors (Lipinski definition) is 9. The van der Waals surface area contributed by atoms with E-state index in [1.54, 1.807) is 42.1 Å². The fourth-order valence-electron chi connectivity index (χ4n) is 8.41. The van der Waals surface area contributed by atoms with Crippen molar-refractivity contribution in [2.45, 2.75) is 110 Å². The zero-order chi connectivity index (χ0) is 50.9. The van der Waals surface area contributed by atoms with E-state index in [-0.39, 0.29) is 61.1 Å². The third-order valence-corrected chi connectivity index (χ3v) is 22.5. The molecule has 6 rings (SSSR count). The van der Waals surface area contributed by atoms with Crippen LogP contribution in [-0.4, -0.2) is 70.1 Å². The van der Waals surface area contributed by atoms with Gasteiger partial charge in [-0.05, 0) is 126 Å². The first kappa shape index (κ1) is 53.7. The van der Waals surface area contributed by atoms with Crippen molar-refractivity contribution >= 4 is 61.0 Å². The summed E-state index contributed by atoms with van der Waals surface area (Å²) in [5.41, 5.74) is 1.67. The van der Waals surface area contributed by atoms with E-state index in [1.165, 1.54) is 43.6 Å². The minimum absolute atomic E-state index is 0.0223. The van der Waals surface area contributed by atoms with Crippen molar-refractivity contribution in [3.05, 3.63) is 130 Å². The number of hydrogen-bond donors (Lipinski definition) is 0. The van der Waals surface area contributed by atoms with Crippen LogP contribution in [0.4, 0.5) is 8.78 Å². The Kier molecular flexibility index (Phi) is 16.0. The Morgan fingerprint density at radius 1 is 0.884 bits per heavy atom. The number of benzene rings is 4. The highest BCUT2D eigenvalue weighted by molar-refractivity contribution is 9.10. The lowest BCUT2D eigenvalue weighted by Gasteiger charge is -2.36. The lowest BCUT2D eigenvalue weighted by atomic mass is 9.81. The van der Waals surface area contributed by atoms with Crippen LogP contribution in [-0.2, 0) is 45.8 Å². The Hall–Kier alpha value is -4.68. The molecular formula is C52H64BrF2N3O8S2Si. The molecule has 0 aliphatic carbocycles. The molecule has 0 aliphatic rings. The molecule has 11 nitrogen and oxygen atoms in total. The van der Waals surface area contributed by atoms with E-state index in [1.807, 2.05) is 52.0 Å². The highest BCUT2D eigenvalue weighted by atomic mass is 79.9. The van der Waals surface area contributed by atoms with Crippen molar-refractivity contribution in [1.29, 1.82) is 0 Å². The van der Waals surface area contributed by atoms with Gasteiger partial charge >= 0.3 is 5.97 Å². The van der Waals surface area contributed by atoms with E-state index < -0.39 is 56.7 Å². The molecule has 0 radical (unpaired) electrons. The van der Waals surface area contributed by atoms with E-state index in [9.17, 15) is 21.6 Å². The van der Waals surface area contributed by atoms with Gasteiger partial charge in [-0.15, -0.1) is 0 Å². The maximum Gasteiger partial charge on any atom is 0.308 e. The molecule has 17 heteroatoms. The summed E-state index contributed by atoms with van der Waals surface area (Å²) in [4.78, 5) is 12.5. The summed E-state index contributed by atoms with van der Waals surface area (Å²) >= 11 is 3.46.